The third-order valence-electron chi connectivity index (χ3n) is 6.38. The van der Waals surface area contributed by atoms with Crippen molar-refractivity contribution >= 4 is 33.9 Å². The molecule has 1 atom stereocenters. The lowest BCUT2D eigenvalue weighted by atomic mass is 9.95. The lowest BCUT2D eigenvalue weighted by molar-refractivity contribution is -0.132. The topological polar surface area (TPSA) is 102 Å². The van der Waals surface area contributed by atoms with Crippen LogP contribution in [-0.4, -0.2) is 34.1 Å². The van der Waals surface area contributed by atoms with Crippen molar-refractivity contribution in [1.82, 2.24) is 10.2 Å². The van der Waals surface area contributed by atoms with E-state index in [-0.39, 0.29) is 16.5 Å². The molecule has 0 aliphatic carbocycles. The Morgan fingerprint density at radius 3 is 2.26 bits per heavy atom. The number of aromatic nitrogens is 2. The van der Waals surface area contributed by atoms with Gasteiger partial charge in [0.1, 0.15) is 28.9 Å². The van der Waals surface area contributed by atoms with Gasteiger partial charge in [-0.15, -0.1) is 10.2 Å². The van der Waals surface area contributed by atoms with Crippen LogP contribution in [0.1, 0.15) is 33.3 Å². The van der Waals surface area contributed by atoms with Gasteiger partial charge in [0, 0.05) is 5.56 Å². The van der Waals surface area contributed by atoms with E-state index in [0.717, 1.165) is 11.1 Å². The van der Waals surface area contributed by atoms with Crippen molar-refractivity contribution in [2.45, 2.75) is 26.5 Å². The maximum atomic E-state index is 13.3. The number of ether oxygens (including phenoxy) is 2. The lowest BCUT2D eigenvalue weighted by Crippen LogP contribution is -2.29. The highest BCUT2D eigenvalue weighted by Crippen LogP contribution is 2.43. The molecule has 192 valence electrons. The Morgan fingerprint density at radius 1 is 0.947 bits per heavy atom. The van der Waals surface area contributed by atoms with Crippen molar-refractivity contribution in [3.63, 3.8) is 0 Å². The van der Waals surface area contributed by atoms with Gasteiger partial charge in [-0.2, -0.15) is 0 Å². The number of nitrogens with zero attached hydrogens (tertiary/aromatic N) is 3. The Bertz CT molecular complexity index is 1530. The van der Waals surface area contributed by atoms with Crippen molar-refractivity contribution in [2.75, 3.05) is 12.0 Å². The van der Waals surface area contributed by atoms with Gasteiger partial charge in [-0.25, -0.2) is 0 Å². The number of carbonyl (C=O) groups is 2. The molecule has 2 heterocycles. The number of aliphatic hydroxyl groups excluding tert-OH is 1. The second-order valence-electron chi connectivity index (χ2n) is 8.79. The van der Waals surface area contributed by atoms with Crippen LogP contribution in [0.4, 0.5) is 5.13 Å². The Balaban J connectivity index is 1.50. The van der Waals surface area contributed by atoms with Crippen molar-refractivity contribution in [3.05, 3.63) is 106 Å². The van der Waals surface area contributed by atoms with Crippen LogP contribution in [0.3, 0.4) is 0 Å². The van der Waals surface area contributed by atoms with Crippen LogP contribution in [0.5, 0.6) is 11.5 Å². The van der Waals surface area contributed by atoms with E-state index >= 15 is 0 Å². The number of ketones is 1. The minimum Gasteiger partial charge on any atom is -0.507 e. The number of aliphatic hydroxyl groups is 1. The first-order chi connectivity index (χ1) is 18.4. The predicted molar refractivity (Wildman–Crippen MR) is 144 cm³/mol. The second-order valence-corrected chi connectivity index (χ2v) is 9.95. The van der Waals surface area contributed by atoms with E-state index in [1.807, 2.05) is 31.2 Å². The molecular formula is C29H25N3O5S. The summed E-state index contributed by atoms with van der Waals surface area (Å²) >= 11 is 1.20. The zero-order chi connectivity index (χ0) is 26.8. The van der Waals surface area contributed by atoms with Crippen molar-refractivity contribution in [2.24, 2.45) is 0 Å². The minimum absolute atomic E-state index is 0.0263. The van der Waals surface area contributed by atoms with Gasteiger partial charge in [-0.05, 0) is 66.9 Å². The molecule has 9 heteroatoms. The molecule has 1 unspecified atom stereocenters. The summed E-state index contributed by atoms with van der Waals surface area (Å²) in [6.45, 7) is 4.20. The Kier molecular flexibility index (Phi) is 6.93. The van der Waals surface area contributed by atoms with Crippen molar-refractivity contribution in [3.8, 4) is 11.5 Å². The number of rotatable bonds is 7. The zero-order valence-electron chi connectivity index (χ0n) is 21.0. The van der Waals surface area contributed by atoms with Gasteiger partial charge in [-0.3, -0.25) is 14.5 Å². The molecule has 0 spiro atoms. The molecule has 1 fully saturated rings. The van der Waals surface area contributed by atoms with Crippen LogP contribution in [0.25, 0.3) is 5.76 Å². The molecule has 0 radical (unpaired) electrons. The fourth-order valence-corrected chi connectivity index (χ4v) is 5.03. The van der Waals surface area contributed by atoms with E-state index in [2.05, 4.69) is 10.2 Å². The molecule has 1 aliphatic rings. The fraction of sp³-hybridized carbons (Fsp3) is 0.172. The van der Waals surface area contributed by atoms with Gasteiger partial charge in [0.05, 0.1) is 18.7 Å². The van der Waals surface area contributed by atoms with Crippen LogP contribution in [0, 0.1) is 13.8 Å². The molecule has 4 aromatic rings. The number of carbonyl (C=O) groups excluding carboxylic acids is 2. The highest BCUT2D eigenvalue weighted by atomic mass is 32.1. The monoisotopic (exact) mass is 527 g/mol. The molecule has 1 aliphatic heterocycles. The number of Topliss-reactive ketones (excluding diaryl/α,β-unsaturated/α-hetero) is 1. The second kappa shape index (κ2) is 10.5. The highest BCUT2D eigenvalue weighted by molar-refractivity contribution is 7.15. The van der Waals surface area contributed by atoms with Gasteiger partial charge in [0.25, 0.3) is 5.78 Å². The molecule has 0 saturated carbocycles. The summed E-state index contributed by atoms with van der Waals surface area (Å²) in [5.74, 6) is -0.615. The lowest BCUT2D eigenvalue weighted by Gasteiger charge is -2.22. The van der Waals surface area contributed by atoms with Gasteiger partial charge in [-0.1, -0.05) is 47.7 Å². The number of aryl methyl sites for hydroxylation is 2. The number of amides is 1. The van der Waals surface area contributed by atoms with Gasteiger partial charge < -0.3 is 14.6 Å². The van der Waals surface area contributed by atoms with E-state index < -0.39 is 17.7 Å². The van der Waals surface area contributed by atoms with Crippen LogP contribution in [0.15, 0.2) is 78.4 Å². The van der Waals surface area contributed by atoms with E-state index in [1.54, 1.807) is 62.6 Å². The van der Waals surface area contributed by atoms with Crippen molar-refractivity contribution in [1.29, 1.82) is 0 Å². The third-order valence-corrected chi connectivity index (χ3v) is 7.22. The first-order valence-corrected chi connectivity index (χ1v) is 12.7. The van der Waals surface area contributed by atoms with Gasteiger partial charge in [0.15, 0.2) is 0 Å². The van der Waals surface area contributed by atoms with Crippen LogP contribution in [0.2, 0.25) is 0 Å². The number of methoxy groups -OCH3 is 1. The minimum atomic E-state index is -0.884. The van der Waals surface area contributed by atoms with Gasteiger partial charge in [0.2, 0.25) is 5.13 Å². The molecule has 1 N–H and O–H groups in total. The summed E-state index contributed by atoms with van der Waals surface area (Å²) in [6, 6.07) is 20.8. The van der Waals surface area contributed by atoms with E-state index in [0.29, 0.717) is 34.2 Å². The average molecular weight is 528 g/mol. The predicted octanol–water partition coefficient (Wildman–Crippen LogP) is 5.37. The largest absolute Gasteiger partial charge is 0.507 e. The summed E-state index contributed by atoms with van der Waals surface area (Å²) in [7, 11) is 1.56. The highest BCUT2D eigenvalue weighted by Gasteiger charge is 2.48. The number of anilines is 1. The molecule has 1 saturated heterocycles. The van der Waals surface area contributed by atoms with E-state index in [9.17, 15) is 14.7 Å². The molecule has 8 nitrogen and oxygen atoms in total. The normalized spacial score (nSPS) is 16.6. The number of benzene rings is 3. The average Bonchev–Trinajstić information content (AvgIpc) is 3.48. The summed E-state index contributed by atoms with van der Waals surface area (Å²) in [5, 5.41) is 20.4. The summed E-state index contributed by atoms with van der Waals surface area (Å²) < 4.78 is 11.2. The summed E-state index contributed by atoms with van der Waals surface area (Å²) in [6.07, 6.45) is 0. The van der Waals surface area contributed by atoms with Crippen LogP contribution < -0.4 is 14.4 Å². The molecule has 1 amide bonds. The quantitative estimate of drug-likeness (QED) is 0.196. The number of hydrogen-bond acceptors (Lipinski definition) is 8. The SMILES string of the molecule is COc1ccc(C2/C(=C(/O)c3ccc(OCc4ccccc4C)cc3)C(=O)C(=O)N2c2nnc(C)s2)cc1. The maximum Gasteiger partial charge on any atom is 0.301 e. The first kappa shape index (κ1) is 25.2. The first-order valence-electron chi connectivity index (χ1n) is 11.9. The molecular weight excluding hydrogens is 502 g/mol. The Hall–Kier alpha value is -4.50. The van der Waals surface area contributed by atoms with Crippen LogP contribution >= 0.6 is 11.3 Å². The smallest absolute Gasteiger partial charge is 0.301 e. The van der Waals surface area contributed by atoms with E-state index in [1.165, 1.54) is 16.2 Å². The Labute approximate surface area is 223 Å². The third kappa shape index (κ3) is 4.76. The molecule has 38 heavy (non-hydrogen) atoms. The molecule has 0 bridgehead atoms. The molecule has 5 rings (SSSR count). The molecule has 1 aromatic heterocycles. The Morgan fingerprint density at radius 2 is 1.63 bits per heavy atom. The van der Waals surface area contributed by atoms with Crippen molar-refractivity contribution < 1.29 is 24.2 Å². The van der Waals surface area contributed by atoms with Crippen LogP contribution in [-0.2, 0) is 16.2 Å². The zero-order valence-corrected chi connectivity index (χ0v) is 21.9. The van der Waals surface area contributed by atoms with E-state index in [4.69, 9.17) is 9.47 Å². The molecule has 3 aromatic carbocycles. The standard InChI is InChI=1S/C29H25N3O5S/c1-17-6-4-5-7-21(17)16-37-23-14-10-20(11-15-23)26(33)24-25(19-8-12-22(36-3)13-9-19)32(28(35)27(24)34)29-31-30-18(2)38-29/h4-15,25,33H,16H2,1-3H3/b26-24-. The maximum absolute atomic E-state index is 13.3. The van der Waals surface area contributed by atoms with Gasteiger partial charge >= 0.3 is 5.91 Å². The fourth-order valence-electron chi connectivity index (χ4n) is 4.31. The summed E-state index contributed by atoms with van der Waals surface area (Å²) in [5.41, 5.74) is 3.19. The summed E-state index contributed by atoms with van der Waals surface area (Å²) in [4.78, 5) is 27.8. The number of hydrogen-bond donors (Lipinski definition) is 1.